The Balaban J connectivity index is 2.34. The van der Waals surface area contributed by atoms with E-state index in [0.717, 1.165) is 11.4 Å². The van der Waals surface area contributed by atoms with Gasteiger partial charge >= 0.3 is 0 Å². The minimum Gasteiger partial charge on any atom is -0.307 e. The summed E-state index contributed by atoms with van der Waals surface area (Å²) < 4.78 is 0. The average molecular weight is 200 g/mol. The first kappa shape index (κ1) is 9.73. The molecule has 0 aliphatic heterocycles. The zero-order chi connectivity index (χ0) is 10.5. The molecule has 15 heavy (non-hydrogen) atoms. The van der Waals surface area contributed by atoms with Gasteiger partial charge in [0, 0.05) is 24.8 Å². The lowest BCUT2D eigenvalue weighted by molar-refractivity contribution is 0.644. The smallest absolute Gasteiger partial charge is 0.149 e. The number of nitrogens with one attached hydrogen (secondary N) is 1. The molecule has 0 radical (unpaired) electrons. The maximum atomic E-state index is 4.22. The summed E-state index contributed by atoms with van der Waals surface area (Å²) in [4.78, 5) is 12.5. The van der Waals surface area contributed by atoms with Crippen molar-refractivity contribution >= 4 is 0 Å². The highest BCUT2D eigenvalue weighted by Gasteiger charge is 2.13. The van der Waals surface area contributed by atoms with E-state index in [1.54, 1.807) is 24.7 Å². The molecule has 4 nitrogen and oxygen atoms in total. The fraction of sp³-hybridized carbons (Fsp3) is 0.182. The van der Waals surface area contributed by atoms with Gasteiger partial charge in [0.25, 0.3) is 0 Å². The van der Waals surface area contributed by atoms with Crippen molar-refractivity contribution in [3.8, 4) is 0 Å². The van der Waals surface area contributed by atoms with Gasteiger partial charge in [0.2, 0.25) is 0 Å². The van der Waals surface area contributed by atoms with Crippen LogP contribution in [0.5, 0.6) is 0 Å². The number of hydrogen-bond donors (Lipinski definition) is 1. The van der Waals surface area contributed by atoms with Crippen LogP contribution in [0.15, 0.2) is 43.0 Å². The van der Waals surface area contributed by atoms with Crippen LogP contribution in [0.1, 0.15) is 17.4 Å². The number of rotatable bonds is 3. The summed E-state index contributed by atoms with van der Waals surface area (Å²) in [6.07, 6.45) is 7.05. The standard InChI is InChI=1S/C11H12N4/c1-12-10(9-4-2-5-13-8-9)11-14-6-3-7-15-11/h2-8,10,12H,1H3. The van der Waals surface area contributed by atoms with E-state index in [-0.39, 0.29) is 6.04 Å². The maximum absolute atomic E-state index is 4.22. The zero-order valence-electron chi connectivity index (χ0n) is 8.46. The molecule has 0 amide bonds. The molecule has 0 aliphatic rings. The van der Waals surface area contributed by atoms with Gasteiger partial charge in [0.05, 0.1) is 6.04 Å². The van der Waals surface area contributed by atoms with Gasteiger partial charge in [-0.05, 0) is 24.7 Å². The van der Waals surface area contributed by atoms with Crippen LogP contribution in [0.4, 0.5) is 0 Å². The van der Waals surface area contributed by atoms with Crippen LogP contribution in [0.2, 0.25) is 0 Å². The summed E-state index contributed by atoms with van der Waals surface area (Å²) in [5.41, 5.74) is 1.06. The van der Waals surface area contributed by atoms with Gasteiger partial charge in [-0.1, -0.05) is 6.07 Å². The molecule has 0 spiro atoms. The Hall–Kier alpha value is -1.81. The summed E-state index contributed by atoms with van der Waals surface area (Å²) in [6, 6.07) is 5.71. The molecule has 2 rings (SSSR count). The summed E-state index contributed by atoms with van der Waals surface area (Å²) in [7, 11) is 1.88. The second-order valence-electron chi connectivity index (χ2n) is 3.12. The highest BCUT2D eigenvalue weighted by molar-refractivity contribution is 5.20. The van der Waals surface area contributed by atoms with E-state index in [1.165, 1.54) is 0 Å². The normalized spacial score (nSPS) is 12.3. The van der Waals surface area contributed by atoms with Crippen LogP contribution in [0.3, 0.4) is 0 Å². The molecule has 0 aliphatic carbocycles. The third kappa shape index (κ3) is 2.16. The van der Waals surface area contributed by atoms with Gasteiger partial charge in [-0.15, -0.1) is 0 Å². The van der Waals surface area contributed by atoms with Gasteiger partial charge in [-0.3, -0.25) is 4.98 Å². The van der Waals surface area contributed by atoms with Crippen molar-refractivity contribution < 1.29 is 0 Å². The lowest BCUT2D eigenvalue weighted by Crippen LogP contribution is -2.20. The first-order chi connectivity index (χ1) is 7.42. The zero-order valence-corrected chi connectivity index (χ0v) is 8.46. The summed E-state index contributed by atoms with van der Waals surface area (Å²) >= 11 is 0. The van der Waals surface area contributed by atoms with Gasteiger partial charge in [-0.2, -0.15) is 0 Å². The Morgan fingerprint density at radius 1 is 1.13 bits per heavy atom. The fourth-order valence-corrected chi connectivity index (χ4v) is 1.45. The Kier molecular flexibility index (Phi) is 2.99. The molecular weight excluding hydrogens is 188 g/mol. The Labute approximate surface area is 88.4 Å². The molecule has 1 atom stereocenters. The second-order valence-corrected chi connectivity index (χ2v) is 3.12. The number of hydrogen-bond acceptors (Lipinski definition) is 4. The topological polar surface area (TPSA) is 50.7 Å². The van der Waals surface area contributed by atoms with Crippen LogP contribution in [0.25, 0.3) is 0 Å². The molecule has 0 fully saturated rings. The molecule has 1 N–H and O–H groups in total. The Morgan fingerprint density at radius 2 is 1.93 bits per heavy atom. The van der Waals surface area contributed by atoms with Gasteiger partial charge < -0.3 is 5.32 Å². The van der Waals surface area contributed by atoms with E-state index < -0.39 is 0 Å². The number of aromatic nitrogens is 3. The molecule has 4 heteroatoms. The lowest BCUT2D eigenvalue weighted by atomic mass is 10.1. The Bertz CT molecular complexity index is 362. The minimum atomic E-state index is -0.0000926. The van der Waals surface area contributed by atoms with Crippen LogP contribution in [0, 0.1) is 0 Å². The summed E-state index contributed by atoms with van der Waals surface area (Å²) in [6.45, 7) is 0. The second kappa shape index (κ2) is 4.61. The maximum Gasteiger partial charge on any atom is 0.149 e. The SMILES string of the molecule is CNC(c1cccnc1)c1ncccn1. The molecular formula is C11H12N4. The summed E-state index contributed by atoms with van der Waals surface area (Å²) in [5.74, 6) is 0.757. The molecule has 0 bridgehead atoms. The van der Waals surface area contributed by atoms with Gasteiger partial charge in [0.1, 0.15) is 5.82 Å². The third-order valence-corrected chi connectivity index (χ3v) is 2.15. The first-order valence-corrected chi connectivity index (χ1v) is 4.76. The minimum absolute atomic E-state index is 0.0000926. The van der Waals surface area contributed by atoms with E-state index in [2.05, 4.69) is 20.3 Å². The monoisotopic (exact) mass is 200 g/mol. The predicted octanol–water partition coefficient (Wildman–Crippen LogP) is 1.18. The average Bonchev–Trinajstić information content (AvgIpc) is 2.33. The molecule has 76 valence electrons. The predicted molar refractivity (Wildman–Crippen MR) is 57.2 cm³/mol. The highest BCUT2D eigenvalue weighted by atomic mass is 15.0. The summed E-state index contributed by atoms with van der Waals surface area (Å²) in [5, 5.41) is 3.17. The van der Waals surface area contributed by atoms with Crippen molar-refractivity contribution in [2.45, 2.75) is 6.04 Å². The first-order valence-electron chi connectivity index (χ1n) is 4.76. The molecule has 2 aromatic heterocycles. The van der Waals surface area contributed by atoms with Crippen LogP contribution in [-0.4, -0.2) is 22.0 Å². The van der Waals surface area contributed by atoms with Crippen LogP contribution >= 0.6 is 0 Å². The quantitative estimate of drug-likeness (QED) is 0.808. The van der Waals surface area contributed by atoms with Crippen LogP contribution in [-0.2, 0) is 0 Å². The van der Waals surface area contributed by atoms with E-state index in [9.17, 15) is 0 Å². The third-order valence-electron chi connectivity index (χ3n) is 2.15. The van der Waals surface area contributed by atoms with Crippen molar-refractivity contribution in [2.24, 2.45) is 0 Å². The van der Waals surface area contributed by atoms with Crippen molar-refractivity contribution in [2.75, 3.05) is 7.05 Å². The molecule has 0 aromatic carbocycles. The van der Waals surface area contributed by atoms with E-state index in [4.69, 9.17) is 0 Å². The lowest BCUT2D eigenvalue weighted by Gasteiger charge is -2.13. The van der Waals surface area contributed by atoms with E-state index in [1.807, 2.05) is 25.4 Å². The van der Waals surface area contributed by atoms with Crippen molar-refractivity contribution in [1.29, 1.82) is 0 Å². The number of pyridine rings is 1. The van der Waals surface area contributed by atoms with E-state index in [0.29, 0.717) is 0 Å². The van der Waals surface area contributed by atoms with Crippen molar-refractivity contribution in [3.63, 3.8) is 0 Å². The molecule has 2 aromatic rings. The van der Waals surface area contributed by atoms with E-state index >= 15 is 0 Å². The largest absolute Gasteiger partial charge is 0.307 e. The van der Waals surface area contributed by atoms with Gasteiger partial charge in [0.15, 0.2) is 0 Å². The number of nitrogens with zero attached hydrogens (tertiary/aromatic N) is 3. The molecule has 2 heterocycles. The highest BCUT2D eigenvalue weighted by Crippen LogP contribution is 2.15. The van der Waals surface area contributed by atoms with Crippen molar-refractivity contribution in [1.82, 2.24) is 20.3 Å². The fourth-order valence-electron chi connectivity index (χ4n) is 1.45. The van der Waals surface area contributed by atoms with Gasteiger partial charge in [-0.25, -0.2) is 9.97 Å². The molecule has 0 saturated carbocycles. The molecule has 0 saturated heterocycles. The van der Waals surface area contributed by atoms with Crippen molar-refractivity contribution in [3.05, 3.63) is 54.4 Å². The van der Waals surface area contributed by atoms with Crippen LogP contribution < -0.4 is 5.32 Å². The molecule has 1 unspecified atom stereocenters. The Morgan fingerprint density at radius 3 is 2.53 bits per heavy atom.